The van der Waals surface area contributed by atoms with Gasteiger partial charge in [-0.05, 0) is 0 Å². The van der Waals surface area contributed by atoms with Crippen molar-refractivity contribution in [3.63, 3.8) is 0 Å². The van der Waals surface area contributed by atoms with Crippen molar-refractivity contribution in [2.24, 2.45) is 11.8 Å². The summed E-state index contributed by atoms with van der Waals surface area (Å²) in [5.41, 5.74) is 0. The monoisotopic (exact) mass is 186 g/mol. The summed E-state index contributed by atoms with van der Waals surface area (Å²) in [6.45, 7) is 0.792. The van der Waals surface area contributed by atoms with Crippen molar-refractivity contribution in [1.29, 1.82) is 0 Å². The molecular weight excluding hydrogens is 176 g/mol. The fraction of sp³-hybridized carbons (Fsp3) is 0.750. The first-order valence-corrected chi connectivity index (χ1v) is 4.10. The van der Waals surface area contributed by atoms with Crippen LogP contribution < -0.4 is 0 Å². The van der Waals surface area contributed by atoms with E-state index in [-0.39, 0.29) is 12.0 Å². The molecule has 72 valence electrons. The van der Waals surface area contributed by atoms with Gasteiger partial charge in [-0.1, -0.05) is 0 Å². The lowest BCUT2D eigenvalue weighted by atomic mass is 9.93. The smallest absolute Gasteiger partial charge is 0.321 e. The number of carbonyl (C=O) groups excluding carboxylic acids is 2. The second-order valence-electron chi connectivity index (χ2n) is 3.18. The Morgan fingerprint density at radius 1 is 1.54 bits per heavy atom. The third-order valence-corrected chi connectivity index (χ3v) is 2.47. The average Bonchev–Trinajstić information content (AvgIpc) is 2.62. The van der Waals surface area contributed by atoms with Crippen molar-refractivity contribution < 1.29 is 23.8 Å². The zero-order valence-electron chi connectivity index (χ0n) is 7.19. The zero-order valence-corrected chi connectivity index (χ0v) is 7.19. The molecule has 0 aromatic heterocycles. The summed E-state index contributed by atoms with van der Waals surface area (Å²) >= 11 is 0. The molecule has 2 fully saturated rings. The maximum Gasteiger partial charge on any atom is 0.321 e. The van der Waals surface area contributed by atoms with E-state index >= 15 is 0 Å². The van der Waals surface area contributed by atoms with E-state index in [1.54, 1.807) is 0 Å². The summed E-state index contributed by atoms with van der Waals surface area (Å²) in [6, 6.07) is 0. The van der Waals surface area contributed by atoms with Crippen LogP contribution in [0.4, 0.5) is 0 Å². The van der Waals surface area contributed by atoms with Gasteiger partial charge in [0.15, 0.2) is 5.92 Å². The van der Waals surface area contributed by atoms with Crippen LogP contribution in [0.5, 0.6) is 0 Å². The van der Waals surface area contributed by atoms with Crippen LogP contribution in [0.25, 0.3) is 0 Å². The fourth-order valence-corrected chi connectivity index (χ4v) is 1.78. The highest BCUT2D eigenvalue weighted by Gasteiger charge is 2.52. The summed E-state index contributed by atoms with van der Waals surface area (Å²) in [6.07, 6.45) is -0.253. The standard InChI is InChI=1S/C8H10O5/c1-11-7(9)6-4-2-12-3-5(4)13-8(6)10/h4-6H,2-3H2,1H3. The van der Waals surface area contributed by atoms with E-state index in [0.717, 1.165) is 0 Å². The lowest BCUT2D eigenvalue weighted by Gasteiger charge is -2.08. The van der Waals surface area contributed by atoms with Crippen LogP contribution in [0, 0.1) is 11.8 Å². The van der Waals surface area contributed by atoms with Crippen molar-refractivity contribution in [2.45, 2.75) is 6.10 Å². The van der Waals surface area contributed by atoms with Gasteiger partial charge in [-0.2, -0.15) is 0 Å². The molecule has 0 aliphatic carbocycles. The van der Waals surface area contributed by atoms with Crippen LogP contribution >= 0.6 is 0 Å². The molecule has 3 unspecified atom stereocenters. The van der Waals surface area contributed by atoms with Crippen molar-refractivity contribution in [3.8, 4) is 0 Å². The Hall–Kier alpha value is -1.10. The molecule has 0 aromatic rings. The van der Waals surface area contributed by atoms with Crippen LogP contribution in [0.1, 0.15) is 0 Å². The summed E-state index contributed by atoms with van der Waals surface area (Å²) in [5.74, 6) is -1.94. The number of ether oxygens (including phenoxy) is 3. The van der Waals surface area contributed by atoms with Gasteiger partial charge in [0.2, 0.25) is 0 Å². The van der Waals surface area contributed by atoms with E-state index < -0.39 is 17.9 Å². The molecule has 0 amide bonds. The van der Waals surface area contributed by atoms with Crippen molar-refractivity contribution in [3.05, 3.63) is 0 Å². The predicted octanol–water partition coefficient (Wildman–Crippen LogP) is -0.653. The van der Waals surface area contributed by atoms with E-state index in [4.69, 9.17) is 9.47 Å². The molecule has 5 heteroatoms. The van der Waals surface area contributed by atoms with E-state index in [2.05, 4.69) is 4.74 Å². The van der Waals surface area contributed by atoms with Crippen LogP contribution in [0.15, 0.2) is 0 Å². The van der Waals surface area contributed by atoms with Crippen molar-refractivity contribution >= 4 is 11.9 Å². The Kier molecular flexibility index (Phi) is 1.95. The van der Waals surface area contributed by atoms with Gasteiger partial charge in [0.05, 0.1) is 20.3 Å². The Morgan fingerprint density at radius 3 is 3.00 bits per heavy atom. The summed E-state index contributed by atoms with van der Waals surface area (Å²) in [5, 5.41) is 0. The van der Waals surface area contributed by atoms with Gasteiger partial charge in [-0.25, -0.2) is 0 Å². The first-order valence-electron chi connectivity index (χ1n) is 4.10. The molecule has 0 saturated carbocycles. The van der Waals surface area contributed by atoms with E-state index in [0.29, 0.717) is 13.2 Å². The van der Waals surface area contributed by atoms with E-state index in [9.17, 15) is 9.59 Å². The minimum Gasteiger partial charge on any atom is -0.468 e. The van der Waals surface area contributed by atoms with E-state index in [1.807, 2.05) is 0 Å². The normalized spacial score (nSPS) is 37.0. The van der Waals surface area contributed by atoms with Gasteiger partial charge in [0, 0.05) is 5.92 Å². The summed E-state index contributed by atoms with van der Waals surface area (Å²) < 4.78 is 14.6. The molecule has 5 nitrogen and oxygen atoms in total. The predicted molar refractivity (Wildman–Crippen MR) is 39.7 cm³/mol. The number of esters is 2. The lowest BCUT2D eigenvalue weighted by Crippen LogP contribution is -2.28. The summed E-state index contributed by atoms with van der Waals surface area (Å²) in [4.78, 5) is 22.4. The van der Waals surface area contributed by atoms with Crippen LogP contribution in [-0.4, -0.2) is 38.4 Å². The fourth-order valence-electron chi connectivity index (χ4n) is 1.78. The molecule has 2 saturated heterocycles. The van der Waals surface area contributed by atoms with Crippen molar-refractivity contribution in [1.82, 2.24) is 0 Å². The molecule has 3 atom stereocenters. The molecule has 0 N–H and O–H groups in total. The van der Waals surface area contributed by atoms with Gasteiger partial charge in [0.1, 0.15) is 6.10 Å². The highest BCUT2D eigenvalue weighted by molar-refractivity contribution is 5.96. The molecule has 0 radical (unpaired) electrons. The minimum absolute atomic E-state index is 0.153. The minimum atomic E-state index is -0.780. The van der Waals surface area contributed by atoms with Gasteiger partial charge in [-0.3, -0.25) is 9.59 Å². The first kappa shape index (κ1) is 8.50. The third-order valence-electron chi connectivity index (χ3n) is 2.47. The molecule has 2 aliphatic heterocycles. The molecule has 13 heavy (non-hydrogen) atoms. The maximum atomic E-state index is 11.2. The van der Waals surface area contributed by atoms with Crippen LogP contribution in [0.2, 0.25) is 0 Å². The zero-order chi connectivity index (χ0) is 9.42. The molecule has 0 spiro atoms. The third kappa shape index (κ3) is 1.19. The Balaban J connectivity index is 2.16. The summed E-state index contributed by atoms with van der Waals surface area (Å²) in [7, 11) is 1.26. The maximum absolute atomic E-state index is 11.2. The topological polar surface area (TPSA) is 61.8 Å². The Bertz CT molecular complexity index is 241. The lowest BCUT2D eigenvalue weighted by molar-refractivity contribution is -0.156. The van der Waals surface area contributed by atoms with Crippen molar-refractivity contribution in [2.75, 3.05) is 20.3 Å². The molecule has 0 bridgehead atoms. The highest BCUT2D eigenvalue weighted by atomic mass is 16.6. The number of hydrogen-bond acceptors (Lipinski definition) is 5. The largest absolute Gasteiger partial charge is 0.468 e. The van der Waals surface area contributed by atoms with E-state index in [1.165, 1.54) is 7.11 Å². The van der Waals surface area contributed by atoms with Gasteiger partial charge < -0.3 is 14.2 Å². The number of fused-ring (bicyclic) bond motifs is 1. The van der Waals surface area contributed by atoms with Crippen LogP contribution in [0.3, 0.4) is 0 Å². The Morgan fingerprint density at radius 2 is 2.31 bits per heavy atom. The van der Waals surface area contributed by atoms with Gasteiger partial charge in [-0.15, -0.1) is 0 Å². The second-order valence-corrected chi connectivity index (χ2v) is 3.18. The number of rotatable bonds is 1. The molecule has 2 aliphatic rings. The van der Waals surface area contributed by atoms with Gasteiger partial charge >= 0.3 is 11.9 Å². The molecular formula is C8H10O5. The molecule has 2 heterocycles. The number of hydrogen-bond donors (Lipinski definition) is 0. The Labute approximate surface area is 74.9 Å². The van der Waals surface area contributed by atoms with Crippen LogP contribution in [-0.2, 0) is 23.8 Å². The van der Waals surface area contributed by atoms with Gasteiger partial charge in [0.25, 0.3) is 0 Å². The second kappa shape index (κ2) is 2.99. The number of carbonyl (C=O) groups is 2. The molecule has 2 rings (SSSR count). The number of methoxy groups -OCH3 is 1. The molecule has 0 aromatic carbocycles. The average molecular weight is 186 g/mol. The quantitative estimate of drug-likeness (QED) is 0.402. The highest BCUT2D eigenvalue weighted by Crippen LogP contribution is 2.33. The SMILES string of the molecule is COC(=O)C1C(=O)OC2COCC21. The first-order chi connectivity index (χ1) is 6.24.